The van der Waals surface area contributed by atoms with Crippen molar-refractivity contribution in [3.8, 4) is 0 Å². The van der Waals surface area contributed by atoms with E-state index >= 15 is 0 Å². The van der Waals surface area contributed by atoms with Gasteiger partial charge >= 0.3 is 0 Å². The summed E-state index contributed by atoms with van der Waals surface area (Å²) in [6.45, 7) is 1.98. The molecule has 0 saturated heterocycles. The highest BCUT2D eigenvalue weighted by Gasteiger charge is 2.34. The van der Waals surface area contributed by atoms with E-state index in [1.165, 1.54) is 0 Å². The van der Waals surface area contributed by atoms with E-state index in [0.717, 1.165) is 12.8 Å². The van der Waals surface area contributed by atoms with E-state index in [1.807, 2.05) is 6.92 Å². The Kier molecular flexibility index (Phi) is 3.29. The minimum atomic E-state index is 0.0679. The third-order valence-corrected chi connectivity index (χ3v) is 3.64. The number of carbonyl (C=O) groups is 1. The SMILES string of the molecule is CC(C(=O)N(C)c1cc(Cl)ccc1N)C1CC1. The van der Waals surface area contributed by atoms with Gasteiger partial charge in [0, 0.05) is 18.0 Å². The summed E-state index contributed by atoms with van der Waals surface area (Å²) in [6.07, 6.45) is 2.32. The van der Waals surface area contributed by atoms with Crippen molar-refractivity contribution in [2.45, 2.75) is 19.8 Å². The van der Waals surface area contributed by atoms with Gasteiger partial charge in [-0.3, -0.25) is 4.79 Å². The summed E-state index contributed by atoms with van der Waals surface area (Å²) in [5.41, 5.74) is 7.13. The first kappa shape index (κ1) is 12.2. The van der Waals surface area contributed by atoms with Crippen LogP contribution in [0.4, 0.5) is 11.4 Å². The van der Waals surface area contributed by atoms with E-state index in [2.05, 4.69) is 0 Å². The van der Waals surface area contributed by atoms with Gasteiger partial charge in [-0.05, 0) is 37.0 Å². The highest BCUT2D eigenvalue weighted by Crippen LogP contribution is 2.38. The second-order valence-electron chi connectivity index (χ2n) is 4.73. The fourth-order valence-electron chi connectivity index (χ4n) is 2.03. The lowest BCUT2D eigenvalue weighted by Crippen LogP contribution is -2.33. The summed E-state index contributed by atoms with van der Waals surface area (Å²) in [7, 11) is 1.75. The fraction of sp³-hybridized carbons (Fsp3) is 0.462. The molecule has 2 rings (SSSR count). The third-order valence-electron chi connectivity index (χ3n) is 3.40. The molecular formula is C13H17ClN2O. The number of hydrogen-bond donors (Lipinski definition) is 1. The molecule has 1 aromatic carbocycles. The summed E-state index contributed by atoms with van der Waals surface area (Å²) in [5, 5.41) is 0.591. The Morgan fingerprint density at radius 3 is 2.76 bits per heavy atom. The summed E-state index contributed by atoms with van der Waals surface area (Å²) in [4.78, 5) is 13.8. The van der Waals surface area contributed by atoms with Gasteiger partial charge in [-0.1, -0.05) is 18.5 Å². The van der Waals surface area contributed by atoms with Gasteiger partial charge in [0.25, 0.3) is 0 Å². The van der Waals surface area contributed by atoms with Gasteiger partial charge in [-0.15, -0.1) is 0 Å². The molecule has 1 aliphatic rings. The number of nitrogens with two attached hydrogens (primary N) is 1. The highest BCUT2D eigenvalue weighted by molar-refractivity contribution is 6.31. The molecule has 1 fully saturated rings. The van der Waals surface area contributed by atoms with E-state index in [9.17, 15) is 4.79 Å². The van der Waals surface area contributed by atoms with Gasteiger partial charge in [0.1, 0.15) is 0 Å². The number of anilines is 2. The Labute approximate surface area is 107 Å². The van der Waals surface area contributed by atoms with Gasteiger partial charge in [0.05, 0.1) is 11.4 Å². The predicted octanol–water partition coefficient (Wildman–Crippen LogP) is 2.93. The molecule has 2 N–H and O–H groups in total. The lowest BCUT2D eigenvalue weighted by Gasteiger charge is -2.23. The van der Waals surface area contributed by atoms with Gasteiger partial charge in [-0.2, -0.15) is 0 Å². The van der Waals surface area contributed by atoms with Crippen LogP contribution >= 0.6 is 11.6 Å². The van der Waals surface area contributed by atoms with Gasteiger partial charge < -0.3 is 10.6 Å². The van der Waals surface area contributed by atoms with Gasteiger partial charge in [-0.25, -0.2) is 0 Å². The average Bonchev–Trinajstić information content (AvgIpc) is 3.13. The number of benzene rings is 1. The summed E-state index contributed by atoms with van der Waals surface area (Å²) in [6, 6.07) is 5.18. The highest BCUT2D eigenvalue weighted by atomic mass is 35.5. The molecule has 1 unspecified atom stereocenters. The van der Waals surface area contributed by atoms with E-state index in [1.54, 1.807) is 30.1 Å². The normalized spacial score (nSPS) is 16.6. The van der Waals surface area contributed by atoms with Crippen LogP contribution in [0.25, 0.3) is 0 Å². The van der Waals surface area contributed by atoms with Crippen LogP contribution < -0.4 is 10.6 Å². The Bertz CT molecular complexity index is 443. The van der Waals surface area contributed by atoms with Crippen LogP contribution in [-0.2, 0) is 4.79 Å². The summed E-state index contributed by atoms with van der Waals surface area (Å²) < 4.78 is 0. The minimum Gasteiger partial charge on any atom is -0.397 e. The molecule has 1 saturated carbocycles. The molecule has 0 bridgehead atoms. The summed E-state index contributed by atoms with van der Waals surface area (Å²) >= 11 is 5.93. The molecule has 4 heteroatoms. The third kappa shape index (κ3) is 2.55. The molecule has 0 aromatic heterocycles. The largest absolute Gasteiger partial charge is 0.397 e. The molecule has 92 valence electrons. The fourth-order valence-corrected chi connectivity index (χ4v) is 2.20. The van der Waals surface area contributed by atoms with Gasteiger partial charge in [0.15, 0.2) is 0 Å². The van der Waals surface area contributed by atoms with Crippen molar-refractivity contribution in [2.75, 3.05) is 17.7 Å². The minimum absolute atomic E-state index is 0.0679. The number of carbonyl (C=O) groups excluding carboxylic acids is 1. The number of halogens is 1. The van der Waals surface area contributed by atoms with Crippen molar-refractivity contribution in [3.05, 3.63) is 23.2 Å². The molecular weight excluding hydrogens is 236 g/mol. The predicted molar refractivity (Wildman–Crippen MR) is 71.2 cm³/mol. The van der Waals surface area contributed by atoms with Crippen molar-refractivity contribution in [1.29, 1.82) is 0 Å². The van der Waals surface area contributed by atoms with Crippen molar-refractivity contribution in [1.82, 2.24) is 0 Å². The smallest absolute Gasteiger partial charge is 0.229 e. The summed E-state index contributed by atoms with van der Waals surface area (Å²) in [5.74, 6) is 0.727. The number of rotatable bonds is 3. The zero-order valence-electron chi connectivity index (χ0n) is 10.1. The van der Waals surface area contributed by atoms with Gasteiger partial charge in [0.2, 0.25) is 5.91 Å². The van der Waals surface area contributed by atoms with Crippen LogP contribution in [0.1, 0.15) is 19.8 Å². The topological polar surface area (TPSA) is 46.3 Å². The van der Waals surface area contributed by atoms with Crippen LogP contribution in [-0.4, -0.2) is 13.0 Å². The number of nitrogen functional groups attached to an aromatic ring is 1. The molecule has 0 spiro atoms. The molecule has 1 aliphatic carbocycles. The number of nitrogens with zero attached hydrogens (tertiary/aromatic N) is 1. The van der Waals surface area contributed by atoms with Crippen molar-refractivity contribution in [2.24, 2.45) is 11.8 Å². The van der Waals surface area contributed by atoms with Crippen molar-refractivity contribution < 1.29 is 4.79 Å². The molecule has 1 amide bonds. The lowest BCUT2D eigenvalue weighted by molar-refractivity contribution is -0.122. The van der Waals surface area contributed by atoms with Crippen LogP contribution in [0.5, 0.6) is 0 Å². The van der Waals surface area contributed by atoms with Crippen molar-refractivity contribution in [3.63, 3.8) is 0 Å². The zero-order chi connectivity index (χ0) is 12.6. The second kappa shape index (κ2) is 4.57. The molecule has 0 radical (unpaired) electrons. The number of hydrogen-bond acceptors (Lipinski definition) is 2. The maximum atomic E-state index is 12.2. The van der Waals surface area contributed by atoms with Crippen LogP contribution in [0.3, 0.4) is 0 Å². The van der Waals surface area contributed by atoms with Crippen LogP contribution in [0.2, 0.25) is 5.02 Å². The first-order valence-electron chi connectivity index (χ1n) is 5.83. The maximum Gasteiger partial charge on any atom is 0.229 e. The van der Waals surface area contributed by atoms with E-state index in [0.29, 0.717) is 22.3 Å². The second-order valence-corrected chi connectivity index (χ2v) is 5.16. The van der Waals surface area contributed by atoms with Crippen LogP contribution in [0.15, 0.2) is 18.2 Å². The Balaban J connectivity index is 2.20. The maximum absolute atomic E-state index is 12.2. The van der Waals surface area contributed by atoms with E-state index in [-0.39, 0.29) is 11.8 Å². The Morgan fingerprint density at radius 2 is 2.18 bits per heavy atom. The molecule has 0 heterocycles. The molecule has 0 aliphatic heterocycles. The molecule has 3 nitrogen and oxygen atoms in total. The first-order chi connectivity index (χ1) is 8.00. The first-order valence-corrected chi connectivity index (χ1v) is 6.21. The van der Waals surface area contributed by atoms with E-state index < -0.39 is 0 Å². The standard InChI is InChI=1S/C13H17ClN2O/c1-8(9-3-4-9)13(17)16(2)12-7-10(14)5-6-11(12)15/h5-9H,3-4,15H2,1-2H3. The van der Waals surface area contributed by atoms with E-state index in [4.69, 9.17) is 17.3 Å². The Hall–Kier alpha value is -1.22. The number of amides is 1. The van der Waals surface area contributed by atoms with Crippen LogP contribution in [0, 0.1) is 11.8 Å². The Morgan fingerprint density at radius 1 is 1.53 bits per heavy atom. The molecule has 17 heavy (non-hydrogen) atoms. The zero-order valence-corrected chi connectivity index (χ0v) is 10.9. The van der Waals surface area contributed by atoms with Crippen molar-refractivity contribution >= 4 is 28.9 Å². The average molecular weight is 253 g/mol. The molecule has 1 atom stereocenters. The molecule has 1 aromatic rings. The monoisotopic (exact) mass is 252 g/mol. The quantitative estimate of drug-likeness (QED) is 0.841. The lowest BCUT2D eigenvalue weighted by atomic mass is 10.0.